The molecule has 0 radical (unpaired) electrons. The third-order valence-corrected chi connectivity index (χ3v) is 5.19. The van der Waals surface area contributed by atoms with Crippen LogP contribution in [0.1, 0.15) is 12.5 Å². The van der Waals surface area contributed by atoms with Crippen LogP contribution in [0.3, 0.4) is 0 Å². The molecule has 0 bridgehead atoms. The minimum atomic E-state index is -0.484. The van der Waals surface area contributed by atoms with E-state index in [9.17, 15) is 14.4 Å². The number of carbonyl (C=O) groups is 1. The fourth-order valence-electron chi connectivity index (χ4n) is 3.61. The first-order valence-electron chi connectivity index (χ1n) is 9.84. The summed E-state index contributed by atoms with van der Waals surface area (Å²) in [4.78, 5) is 39.8. The summed E-state index contributed by atoms with van der Waals surface area (Å²) in [6.07, 6.45) is 0. The van der Waals surface area contributed by atoms with E-state index in [1.807, 2.05) is 18.2 Å². The van der Waals surface area contributed by atoms with E-state index in [0.717, 1.165) is 10.1 Å². The van der Waals surface area contributed by atoms with Crippen molar-refractivity contribution < 1.29 is 14.3 Å². The summed E-state index contributed by atoms with van der Waals surface area (Å²) in [6.45, 7) is 3.19. The highest BCUT2D eigenvalue weighted by molar-refractivity contribution is 5.81. The van der Waals surface area contributed by atoms with Gasteiger partial charge in [0.15, 0.2) is 11.5 Å². The van der Waals surface area contributed by atoms with Gasteiger partial charge in [-0.15, -0.1) is 0 Å². The normalized spacial score (nSPS) is 12.7. The van der Waals surface area contributed by atoms with E-state index in [0.29, 0.717) is 42.2 Å². The van der Waals surface area contributed by atoms with Crippen LogP contribution in [0.5, 0.6) is 11.5 Å². The standard InChI is InChI=1S/C22H23N3O5/c1-3-24-21(27)16-6-4-5-7-17(16)25(22(24)28)14-20(26)23(2)13-15-8-9-18-19(12-15)30-11-10-29-18/h4-9,12H,3,10-11,13-14H2,1-2H3. The number of carbonyl (C=O) groups excluding carboxylic acids is 1. The number of amides is 1. The van der Waals surface area contributed by atoms with E-state index in [2.05, 4.69) is 0 Å². The van der Waals surface area contributed by atoms with Gasteiger partial charge in [-0.05, 0) is 36.8 Å². The van der Waals surface area contributed by atoms with Crippen LogP contribution in [0.15, 0.2) is 52.1 Å². The zero-order chi connectivity index (χ0) is 21.3. The first-order chi connectivity index (χ1) is 14.5. The van der Waals surface area contributed by atoms with Crippen LogP contribution in [0.2, 0.25) is 0 Å². The summed E-state index contributed by atoms with van der Waals surface area (Å²) < 4.78 is 13.6. The first kappa shape index (κ1) is 19.8. The maximum absolute atomic E-state index is 12.9. The molecule has 0 spiro atoms. The quantitative estimate of drug-likeness (QED) is 0.640. The van der Waals surface area contributed by atoms with Gasteiger partial charge < -0.3 is 14.4 Å². The molecule has 0 fully saturated rings. The lowest BCUT2D eigenvalue weighted by atomic mass is 10.2. The highest BCUT2D eigenvalue weighted by Crippen LogP contribution is 2.31. The summed E-state index contributed by atoms with van der Waals surface area (Å²) in [5.74, 6) is 1.12. The summed E-state index contributed by atoms with van der Waals surface area (Å²) in [6, 6.07) is 12.4. The lowest BCUT2D eigenvalue weighted by Gasteiger charge is -2.22. The molecule has 1 amide bonds. The molecule has 0 N–H and O–H groups in total. The van der Waals surface area contributed by atoms with Crippen LogP contribution in [0.25, 0.3) is 10.9 Å². The molecule has 8 heteroatoms. The number of ether oxygens (including phenoxy) is 2. The molecule has 1 aliphatic heterocycles. The van der Waals surface area contributed by atoms with Crippen molar-refractivity contribution in [3.05, 3.63) is 68.9 Å². The second-order valence-electron chi connectivity index (χ2n) is 7.16. The number of para-hydroxylation sites is 1. The topological polar surface area (TPSA) is 82.8 Å². The number of hydrogen-bond donors (Lipinski definition) is 0. The Morgan fingerprint density at radius 1 is 1.03 bits per heavy atom. The SMILES string of the molecule is CCn1c(=O)c2ccccc2n(CC(=O)N(C)Cc2ccc3c(c2)OCCO3)c1=O. The van der Waals surface area contributed by atoms with Crippen LogP contribution in [0.4, 0.5) is 0 Å². The van der Waals surface area contributed by atoms with Gasteiger partial charge in [0, 0.05) is 20.1 Å². The molecular weight excluding hydrogens is 386 g/mol. The molecule has 1 aliphatic rings. The van der Waals surface area contributed by atoms with Crippen LogP contribution >= 0.6 is 0 Å². The number of fused-ring (bicyclic) bond motifs is 2. The molecule has 156 valence electrons. The Balaban J connectivity index is 1.60. The van der Waals surface area contributed by atoms with Crippen LogP contribution < -0.4 is 20.7 Å². The van der Waals surface area contributed by atoms with Crippen molar-refractivity contribution in [1.29, 1.82) is 0 Å². The summed E-state index contributed by atoms with van der Waals surface area (Å²) >= 11 is 0. The van der Waals surface area contributed by atoms with Crippen molar-refractivity contribution in [2.45, 2.75) is 26.6 Å². The van der Waals surface area contributed by atoms with Gasteiger partial charge in [-0.25, -0.2) is 4.79 Å². The Morgan fingerprint density at radius 2 is 1.77 bits per heavy atom. The Bertz CT molecular complexity index is 1230. The molecule has 0 aliphatic carbocycles. The molecule has 3 aromatic rings. The predicted molar refractivity (Wildman–Crippen MR) is 112 cm³/mol. The van der Waals surface area contributed by atoms with Gasteiger partial charge in [-0.1, -0.05) is 18.2 Å². The zero-order valence-corrected chi connectivity index (χ0v) is 17.0. The molecular formula is C22H23N3O5. The van der Waals surface area contributed by atoms with Crippen molar-refractivity contribution in [2.75, 3.05) is 20.3 Å². The van der Waals surface area contributed by atoms with E-state index in [-0.39, 0.29) is 24.6 Å². The number of hydrogen-bond acceptors (Lipinski definition) is 5. The Kier molecular flexibility index (Phi) is 5.31. The highest BCUT2D eigenvalue weighted by Gasteiger charge is 2.18. The molecule has 4 rings (SSSR count). The Hall–Kier alpha value is -3.55. The molecule has 0 unspecified atom stereocenters. The zero-order valence-electron chi connectivity index (χ0n) is 17.0. The van der Waals surface area contributed by atoms with Gasteiger partial charge >= 0.3 is 5.69 Å². The second-order valence-corrected chi connectivity index (χ2v) is 7.16. The van der Waals surface area contributed by atoms with E-state index in [4.69, 9.17) is 9.47 Å². The summed E-state index contributed by atoms with van der Waals surface area (Å²) in [5, 5.41) is 0.418. The average molecular weight is 409 g/mol. The Morgan fingerprint density at radius 3 is 2.53 bits per heavy atom. The minimum Gasteiger partial charge on any atom is -0.486 e. The fourth-order valence-corrected chi connectivity index (χ4v) is 3.61. The van der Waals surface area contributed by atoms with Crippen molar-refractivity contribution in [1.82, 2.24) is 14.0 Å². The largest absolute Gasteiger partial charge is 0.486 e. The molecule has 0 saturated heterocycles. The number of nitrogens with zero attached hydrogens (tertiary/aromatic N) is 3. The number of aromatic nitrogens is 2. The van der Waals surface area contributed by atoms with Gasteiger partial charge in [-0.3, -0.25) is 18.7 Å². The van der Waals surface area contributed by atoms with Crippen molar-refractivity contribution in [2.24, 2.45) is 0 Å². The maximum Gasteiger partial charge on any atom is 0.331 e. The molecule has 2 heterocycles. The second kappa shape index (κ2) is 8.06. The van der Waals surface area contributed by atoms with E-state index < -0.39 is 5.69 Å². The molecule has 1 aromatic heterocycles. The van der Waals surface area contributed by atoms with Crippen LogP contribution in [-0.2, 0) is 24.4 Å². The smallest absolute Gasteiger partial charge is 0.331 e. The average Bonchev–Trinajstić information content (AvgIpc) is 2.76. The van der Waals surface area contributed by atoms with E-state index in [1.165, 1.54) is 4.57 Å². The number of rotatable bonds is 5. The molecule has 8 nitrogen and oxygen atoms in total. The third-order valence-electron chi connectivity index (χ3n) is 5.19. The minimum absolute atomic E-state index is 0.152. The first-order valence-corrected chi connectivity index (χ1v) is 9.84. The van der Waals surface area contributed by atoms with Crippen molar-refractivity contribution >= 4 is 16.8 Å². The van der Waals surface area contributed by atoms with E-state index >= 15 is 0 Å². The van der Waals surface area contributed by atoms with Crippen LogP contribution in [-0.4, -0.2) is 40.2 Å². The van der Waals surface area contributed by atoms with Crippen molar-refractivity contribution in [3.8, 4) is 11.5 Å². The van der Waals surface area contributed by atoms with E-state index in [1.54, 1.807) is 43.1 Å². The summed E-state index contributed by atoms with van der Waals surface area (Å²) in [5.41, 5.74) is 0.526. The predicted octanol–water partition coefficient (Wildman–Crippen LogP) is 1.61. The maximum atomic E-state index is 12.9. The van der Waals surface area contributed by atoms with Gasteiger partial charge in [0.2, 0.25) is 5.91 Å². The van der Waals surface area contributed by atoms with Gasteiger partial charge in [0.05, 0.1) is 10.9 Å². The van der Waals surface area contributed by atoms with Gasteiger partial charge in [0.25, 0.3) is 5.56 Å². The molecule has 0 atom stereocenters. The lowest BCUT2D eigenvalue weighted by Crippen LogP contribution is -2.42. The number of benzene rings is 2. The summed E-state index contributed by atoms with van der Waals surface area (Å²) in [7, 11) is 1.68. The molecule has 30 heavy (non-hydrogen) atoms. The highest BCUT2D eigenvalue weighted by atomic mass is 16.6. The van der Waals surface area contributed by atoms with Crippen LogP contribution in [0, 0.1) is 0 Å². The monoisotopic (exact) mass is 409 g/mol. The lowest BCUT2D eigenvalue weighted by molar-refractivity contribution is -0.131. The molecule has 0 saturated carbocycles. The third kappa shape index (κ3) is 3.56. The van der Waals surface area contributed by atoms with Crippen molar-refractivity contribution in [3.63, 3.8) is 0 Å². The fraction of sp³-hybridized carbons (Fsp3) is 0.318. The number of likely N-dealkylation sites (N-methyl/N-ethyl adjacent to an activating group) is 1. The Labute approximate surface area is 172 Å². The molecule has 2 aromatic carbocycles. The van der Waals surface area contributed by atoms with Gasteiger partial charge in [-0.2, -0.15) is 0 Å². The van der Waals surface area contributed by atoms with Gasteiger partial charge in [0.1, 0.15) is 19.8 Å².